The average Bonchev–Trinajstić information content (AvgIpc) is 3.42. The van der Waals surface area contributed by atoms with Crippen LogP contribution in [0.2, 0.25) is 0 Å². The Morgan fingerprint density at radius 3 is 1.81 bits per heavy atom. The number of fused-ring (bicyclic) bond motifs is 14. The molecule has 0 saturated carbocycles. The highest BCUT2D eigenvalue weighted by molar-refractivity contribution is 6.30. The Kier molecular flexibility index (Phi) is 3.07. The molecule has 32 heavy (non-hydrogen) atoms. The van der Waals surface area contributed by atoms with Crippen LogP contribution in [-0.4, -0.2) is 0 Å². The highest BCUT2D eigenvalue weighted by atomic mass is 14.3. The van der Waals surface area contributed by atoms with Gasteiger partial charge in [0.15, 0.2) is 0 Å². The van der Waals surface area contributed by atoms with Crippen LogP contribution in [0.4, 0.5) is 0 Å². The van der Waals surface area contributed by atoms with Gasteiger partial charge in [0.2, 0.25) is 0 Å². The minimum absolute atomic E-state index is 1.02. The molecule has 2 aliphatic carbocycles. The summed E-state index contributed by atoms with van der Waals surface area (Å²) in [5.74, 6) is 0. The zero-order chi connectivity index (χ0) is 20.8. The summed E-state index contributed by atoms with van der Waals surface area (Å²) < 4.78 is 0. The molecule has 0 aliphatic heterocycles. The van der Waals surface area contributed by atoms with Gasteiger partial charge in [-0.05, 0) is 89.7 Å². The van der Waals surface area contributed by atoms with E-state index in [9.17, 15) is 0 Å². The Bertz CT molecular complexity index is 1750. The van der Waals surface area contributed by atoms with Gasteiger partial charge < -0.3 is 0 Å². The van der Waals surface area contributed by atoms with Crippen molar-refractivity contribution in [2.24, 2.45) is 0 Å². The van der Waals surface area contributed by atoms with E-state index in [4.69, 9.17) is 0 Å². The Balaban J connectivity index is 1.60. The van der Waals surface area contributed by atoms with Crippen molar-refractivity contribution < 1.29 is 0 Å². The lowest BCUT2D eigenvalue weighted by Gasteiger charge is -2.17. The van der Waals surface area contributed by atoms with Gasteiger partial charge in [-0.2, -0.15) is 0 Å². The first-order valence-electron chi connectivity index (χ1n) is 11.5. The topological polar surface area (TPSA) is 0 Å². The van der Waals surface area contributed by atoms with Crippen LogP contribution in [0, 0.1) is 0 Å². The molecule has 0 N–H and O–H groups in total. The molecule has 0 amide bonds. The molecule has 0 fully saturated rings. The normalized spacial score (nSPS) is 13.4. The van der Waals surface area contributed by atoms with Gasteiger partial charge in [0.1, 0.15) is 0 Å². The molecule has 0 unspecified atom stereocenters. The molecule has 0 heteroatoms. The smallest absolute Gasteiger partial charge is 0.000706 e. The average molecular weight is 405 g/mol. The van der Waals surface area contributed by atoms with Gasteiger partial charge in [0, 0.05) is 0 Å². The van der Waals surface area contributed by atoms with E-state index in [2.05, 4.69) is 97.1 Å². The Hall–Kier alpha value is -3.90. The van der Waals surface area contributed by atoms with E-state index in [1.165, 1.54) is 76.8 Å². The van der Waals surface area contributed by atoms with Crippen molar-refractivity contribution in [1.82, 2.24) is 0 Å². The van der Waals surface area contributed by atoms with Crippen molar-refractivity contribution in [3.63, 3.8) is 0 Å². The molecule has 2 aliphatic rings. The lowest BCUT2D eigenvalue weighted by Crippen LogP contribution is -1.91. The van der Waals surface area contributed by atoms with Crippen molar-refractivity contribution in [2.45, 2.75) is 12.8 Å². The standard InChI is InChI=1S/C32H20/c1-3-9-22-20(8-1)18-29-24(22)15-16-27-28-14-13-21-17-19-7-2-4-10-23(19)30(21)32(28)26-12-6-5-11-25(26)31(27)29/h1-16H,17-18H2. The van der Waals surface area contributed by atoms with E-state index >= 15 is 0 Å². The van der Waals surface area contributed by atoms with Gasteiger partial charge in [-0.3, -0.25) is 0 Å². The third kappa shape index (κ3) is 1.98. The van der Waals surface area contributed by atoms with E-state index in [1.54, 1.807) is 0 Å². The molecule has 0 spiro atoms. The summed E-state index contributed by atoms with van der Waals surface area (Å²) in [6.07, 6.45) is 2.05. The van der Waals surface area contributed by atoms with Crippen LogP contribution < -0.4 is 0 Å². The summed E-state index contributed by atoms with van der Waals surface area (Å²) in [6.45, 7) is 0. The maximum atomic E-state index is 2.38. The van der Waals surface area contributed by atoms with Crippen LogP contribution >= 0.6 is 0 Å². The first-order chi connectivity index (χ1) is 15.9. The van der Waals surface area contributed by atoms with Crippen molar-refractivity contribution >= 4 is 32.3 Å². The molecular weight excluding hydrogens is 384 g/mol. The lowest BCUT2D eigenvalue weighted by atomic mass is 9.86. The quantitative estimate of drug-likeness (QED) is 0.223. The molecule has 6 aromatic rings. The van der Waals surface area contributed by atoms with Crippen molar-refractivity contribution in [1.29, 1.82) is 0 Å². The fourth-order valence-corrected chi connectivity index (χ4v) is 6.39. The lowest BCUT2D eigenvalue weighted by molar-refractivity contribution is 1.27. The first-order valence-corrected chi connectivity index (χ1v) is 11.5. The summed E-state index contributed by atoms with van der Waals surface area (Å²) in [6, 6.07) is 36.4. The van der Waals surface area contributed by atoms with Gasteiger partial charge in [-0.25, -0.2) is 0 Å². The first kappa shape index (κ1) is 16.8. The van der Waals surface area contributed by atoms with Crippen LogP contribution in [0.5, 0.6) is 0 Å². The highest BCUT2D eigenvalue weighted by Crippen LogP contribution is 2.49. The second kappa shape index (κ2) is 5.87. The fourth-order valence-electron chi connectivity index (χ4n) is 6.39. The van der Waals surface area contributed by atoms with E-state index in [0.29, 0.717) is 0 Å². The molecule has 0 atom stereocenters. The highest BCUT2D eigenvalue weighted by Gasteiger charge is 2.26. The van der Waals surface area contributed by atoms with E-state index < -0.39 is 0 Å². The molecule has 0 heterocycles. The Morgan fingerprint density at radius 2 is 0.969 bits per heavy atom. The molecule has 0 radical (unpaired) electrons. The minimum atomic E-state index is 1.02. The van der Waals surface area contributed by atoms with Crippen LogP contribution in [0.15, 0.2) is 97.1 Å². The molecule has 0 nitrogen and oxygen atoms in total. The predicted molar refractivity (Wildman–Crippen MR) is 135 cm³/mol. The second-order valence-electron chi connectivity index (χ2n) is 9.25. The van der Waals surface area contributed by atoms with E-state index in [-0.39, 0.29) is 0 Å². The number of hydrogen-bond acceptors (Lipinski definition) is 0. The van der Waals surface area contributed by atoms with Crippen LogP contribution in [0.25, 0.3) is 54.6 Å². The largest absolute Gasteiger partial charge is 0.0619 e. The van der Waals surface area contributed by atoms with Gasteiger partial charge in [0.25, 0.3) is 0 Å². The summed E-state index contributed by atoms with van der Waals surface area (Å²) >= 11 is 0. The van der Waals surface area contributed by atoms with Crippen molar-refractivity contribution in [3.05, 3.63) is 119 Å². The van der Waals surface area contributed by atoms with Gasteiger partial charge in [0.05, 0.1) is 0 Å². The SMILES string of the molecule is c1ccc2c(c1)Cc1c-2ccc2c3ccc4c(c3c3ccccc3c12)-c1ccccc1C4. The molecular formula is C32H20. The maximum Gasteiger partial charge on any atom is -0.000706 e. The zero-order valence-electron chi connectivity index (χ0n) is 17.7. The maximum absolute atomic E-state index is 2.38. The fraction of sp³-hybridized carbons (Fsp3) is 0.0625. The molecule has 8 rings (SSSR count). The predicted octanol–water partition coefficient (Wildman–Crippen LogP) is 8.29. The van der Waals surface area contributed by atoms with E-state index in [1.807, 2.05) is 0 Å². The van der Waals surface area contributed by atoms with Crippen molar-refractivity contribution in [2.75, 3.05) is 0 Å². The number of benzene rings is 6. The Labute approximate surface area is 186 Å². The van der Waals surface area contributed by atoms with Crippen LogP contribution in [0.3, 0.4) is 0 Å². The van der Waals surface area contributed by atoms with Crippen LogP contribution in [-0.2, 0) is 12.8 Å². The summed E-state index contributed by atoms with van der Waals surface area (Å²) in [7, 11) is 0. The summed E-state index contributed by atoms with van der Waals surface area (Å²) in [5.41, 5.74) is 11.5. The third-order valence-electron chi connectivity index (χ3n) is 7.70. The summed E-state index contributed by atoms with van der Waals surface area (Å²) in [5, 5.41) is 8.40. The third-order valence-corrected chi connectivity index (χ3v) is 7.70. The molecule has 0 aromatic heterocycles. The summed E-state index contributed by atoms with van der Waals surface area (Å²) in [4.78, 5) is 0. The second-order valence-corrected chi connectivity index (χ2v) is 9.25. The minimum Gasteiger partial charge on any atom is -0.0619 e. The molecule has 148 valence electrons. The monoisotopic (exact) mass is 404 g/mol. The van der Waals surface area contributed by atoms with E-state index in [0.717, 1.165) is 12.8 Å². The van der Waals surface area contributed by atoms with Gasteiger partial charge in [-0.15, -0.1) is 0 Å². The number of hydrogen-bond donors (Lipinski definition) is 0. The molecule has 0 saturated heterocycles. The van der Waals surface area contributed by atoms with Gasteiger partial charge >= 0.3 is 0 Å². The molecule has 0 bridgehead atoms. The number of rotatable bonds is 0. The Morgan fingerprint density at radius 1 is 0.375 bits per heavy atom. The van der Waals surface area contributed by atoms with Crippen molar-refractivity contribution in [3.8, 4) is 22.3 Å². The van der Waals surface area contributed by atoms with Gasteiger partial charge in [-0.1, -0.05) is 97.1 Å². The molecule has 6 aromatic carbocycles. The zero-order valence-corrected chi connectivity index (χ0v) is 17.7. The van der Waals surface area contributed by atoms with Crippen LogP contribution in [0.1, 0.15) is 22.3 Å².